The molecule has 0 saturated carbocycles. The smallest absolute Gasteiger partial charge is 0.0704 e. The lowest BCUT2D eigenvalue weighted by Gasteiger charge is -2.06. The predicted octanol–water partition coefficient (Wildman–Crippen LogP) is 3.79. The Morgan fingerprint density at radius 1 is 1.27 bits per heavy atom. The van der Waals surface area contributed by atoms with Crippen molar-refractivity contribution in [1.82, 2.24) is 4.98 Å². The minimum atomic E-state index is 0.233. The molecule has 0 radical (unpaired) electrons. The van der Waals surface area contributed by atoms with Gasteiger partial charge in [-0.25, -0.2) is 0 Å². The van der Waals surface area contributed by atoms with E-state index in [9.17, 15) is 0 Å². The molecular weight excluding hydrogens is 206 g/mol. The third-order valence-electron chi connectivity index (χ3n) is 2.55. The first-order valence-electron chi connectivity index (χ1n) is 5.24. The second-order valence-corrected chi connectivity index (χ2v) is 4.55. The van der Waals surface area contributed by atoms with Gasteiger partial charge in [-0.3, -0.25) is 4.98 Å². The van der Waals surface area contributed by atoms with Crippen molar-refractivity contribution >= 4 is 22.5 Å². The Labute approximate surface area is 95.1 Å². The number of rotatable bonds is 3. The van der Waals surface area contributed by atoms with Gasteiger partial charge in [0, 0.05) is 17.0 Å². The first-order valence-corrected chi connectivity index (χ1v) is 5.67. The molecule has 0 aliphatic rings. The average Bonchev–Trinajstić information content (AvgIpc) is 2.26. The number of fused-ring (bicyclic) bond motifs is 1. The van der Waals surface area contributed by atoms with Crippen LogP contribution in [-0.2, 0) is 6.42 Å². The summed E-state index contributed by atoms with van der Waals surface area (Å²) in [7, 11) is 0. The fourth-order valence-corrected chi connectivity index (χ4v) is 1.84. The topological polar surface area (TPSA) is 12.9 Å². The maximum Gasteiger partial charge on any atom is 0.0704 e. The molecule has 1 nitrogen and oxygen atoms in total. The van der Waals surface area contributed by atoms with E-state index in [0.717, 1.165) is 18.4 Å². The number of benzene rings is 1. The van der Waals surface area contributed by atoms with Gasteiger partial charge in [-0.2, -0.15) is 0 Å². The summed E-state index contributed by atoms with van der Waals surface area (Å²) in [6, 6.07) is 10.3. The zero-order chi connectivity index (χ0) is 10.7. The lowest BCUT2D eigenvalue weighted by atomic mass is 10.0. The van der Waals surface area contributed by atoms with Crippen molar-refractivity contribution in [2.24, 2.45) is 0 Å². The molecule has 0 amide bonds. The van der Waals surface area contributed by atoms with Crippen molar-refractivity contribution in [2.75, 3.05) is 0 Å². The molecular formula is C13H14ClN. The minimum Gasteiger partial charge on any atom is -0.256 e. The molecule has 15 heavy (non-hydrogen) atoms. The molecule has 0 N–H and O–H groups in total. The number of hydrogen-bond donors (Lipinski definition) is 0. The molecule has 2 aromatic rings. The number of aromatic nitrogens is 1. The Kier molecular flexibility index (Phi) is 3.22. The van der Waals surface area contributed by atoms with E-state index in [2.05, 4.69) is 23.2 Å². The van der Waals surface area contributed by atoms with Crippen LogP contribution < -0.4 is 0 Å². The van der Waals surface area contributed by atoms with Gasteiger partial charge < -0.3 is 0 Å². The van der Waals surface area contributed by atoms with Crippen LogP contribution in [0.15, 0.2) is 36.5 Å². The van der Waals surface area contributed by atoms with Gasteiger partial charge in [0.2, 0.25) is 0 Å². The number of hydrogen-bond acceptors (Lipinski definition) is 1. The fourth-order valence-electron chi connectivity index (χ4n) is 1.73. The molecule has 1 aromatic carbocycles. The van der Waals surface area contributed by atoms with E-state index in [0.29, 0.717) is 0 Å². The SMILES string of the molecule is CC(Cl)CCc1ccnc2ccccc12. The standard InChI is InChI=1S/C13H14ClN/c1-10(14)6-7-11-8-9-15-13-5-3-2-4-12(11)13/h2-5,8-10H,6-7H2,1H3. The van der Waals surface area contributed by atoms with Crippen LogP contribution >= 0.6 is 11.6 Å². The summed E-state index contributed by atoms with van der Waals surface area (Å²) in [5.41, 5.74) is 2.41. The largest absolute Gasteiger partial charge is 0.256 e. The van der Waals surface area contributed by atoms with Crippen LogP contribution in [-0.4, -0.2) is 10.4 Å². The summed E-state index contributed by atoms with van der Waals surface area (Å²) in [6.07, 6.45) is 3.90. The van der Waals surface area contributed by atoms with Crippen LogP contribution in [0, 0.1) is 0 Å². The summed E-state index contributed by atoms with van der Waals surface area (Å²) >= 11 is 5.96. The Hall–Kier alpha value is -1.08. The predicted molar refractivity (Wildman–Crippen MR) is 65.4 cm³/mol. The number of pyridine rings is 1. The van der Waals surface area contributed by atoms with E-state index < -0.39 is 0 Å². The van der Waals surface area contributed by atoms with Gasteiger partial charge in [-0.05, 0) is 37.5 Å². The molecule has 1 aromatic heterocycles. The lowest BCUT2D eigenvalue weighted by molar-refractivity contribution is 0.806. The van der Waals surface area contributed by atoms with E-state index in [1.165, 1.54) is 10.9 Å². The van der Waals surface area contributed by atoms with E-state index in [1.54, 1.807) is 0 Å². The molecule has 0 aliphatic heterocycles. The van der Waals surface area contributed by atoms with E-state index in [4.69, 9.17) is 11.6 Å². The molecule has 1 heterocycles. The Morgan fingerprint density at radius 3 is 2.87 bits per heavy atom. The van der Waals surface area contributed by atoms with Gasteiger partial charge in [0.05, 0.1) is 5.52 Å². The molecule has 1 atom stereocenters. The lowest BCUT2D eigenvalue weighted by Crippen LogP contribution is -1.96. The van der Waals surface area contributed by atoms with E-state index >= 15 is 0 Å². The maximum absolute atomic E-state index is 5.96. The third kappa shape index (κ3) is 2.48. The summed E-state index contributed by atoms with van der Waals surface area (Å²) in [5.74, 6) is 0. The van der Waals surface area contributed by atoms with E-state index in [1.807, 2.05) is 25.3 Å². The Balaban J connectivity index is 2.34. The molecule has 0 saturated heterocycles. The quantitative estimate of drug-likeness (QED) is 0.716. The fraction of sp³-hybridized carbons (Fsp3) is 0.308. The first-order chi connectivity index (χ1) is 7.27. The van der Waals surface area contributed by atoms with Gasteiger partial charge in [0.15, 0.2) is 0 Å². The summed E-state index contributed by atoms with van der Waals surface area (Å²) in [5, 5.41) is 1.48. The van der Waals surface area contributed by atoms with Gasteiger partial charge in [0.1, 0.15) is 0 Å². The van der Waals surface area contributed by atoms with Crippen LogP contribution in [0.4, 0.5) is 0 Å². The van der Waals surface area contributed by atoms with Crippen molar-refractivity contribution in [1.29, 1.82) is 0 Å². The van der Waals surface area contributed by atoms with Crippen LogP contribution in [0.1, 0.15) is 18.9 Å². The number of alkyl halides is 1. The highest BCUT2D eigenvalue weighted by Gasteiger charge is 2.02. The highest BCUT2D eigenvalue weighted by atomic mass is 35.5. The number of halogens is 1. The molecule has 1 unspecified atom stereocenters. The second kappa shape index (κ2) is 4.63. The highest BCUT2D eigenvalue weighted by molar-refractivity contribution is 6.20. The third-order valence-corrected chi connectivity index (χ3v) is 2.77. The van der Waals surface area contributed by atoms with Crippen molar-refractivity contribution in [3.05, 3.63) is 42.1 Å². The van der Waals surface area contributed by atoms with Crippen molar-refractivity contribution in [3.8, 4) is 0 Å². The van der Waals surface area contributed by atoms with Gasteiger partial charge in [-0.1, -0.05) is 18.2 Å². The van der Waals surface area contributed by atoms with Crippen molar-refractivity contribution < 1.29 is 0 Å². The highest BCUT2D eigenvalue weighted by Crippen LogP contribution is 2.18. The Morgan fingerprint density at radius 2 is 2.07 bits per heavy atom. The van der Waals surface area contributed by atoms with Gasteiger partial charge in [-0.15, -0.1) is 11.6 Å². The zero-order valence-electron chi connectivity index (χ0n) is 8.78. The summed E-state index contributed by atoms with van der Waals surface area (Å²) < 4.78 is 0. The van der Waals surface area contributed by atoms with E-state index in [-0.39, 0.29) is 5.38 Å². The molecule has 0 spiro atoms. The van der Waals surface area contributed by atoms with Crippen LogP contribution in [0.5, 0.6) is 0 Å². The van der Waals surface area contributed by atoms with Crippen LogP contribution in [0.3, 0.4) is 0 Å². The molecule has 78 valence electrons. The van der Waals surface area contributed by atoms with Crippen LogP contribution in [0.2, 0.25) is 0 Å². The molecule has 0 fully saturated rings. The Bertz CT molecular complexity index is 446. The maximum atomic E-state index is 5.96. The summed E-state index contributed by atoms with van der Waals surface area (Å²) in [6.45, 7) is 2.03. The summed E-state index contributed by atoms with van der Waals surface area (Å²) in [4.78, 5) is 4.34. The van der Waals surface area contributed by atoms with Gasteiger partial charge >= 0.3 is 0 Å². The van der Waals surface area contributed by atoms with Crippen molar-refractivity contribution in [2.45, 2.75) is 25.1 Å². The molecule has 0 aliphatic carbocycles. The van der Waals surface area contributed by atoms with Crippen LogP contribution in [0.25, 0.3) is 10.9 Å². The van der Waals surface area contributed by atoms with Gasteiger partial charge in [0.25, 0.3) is 0 Å². The second-order valence-electron chi connectivity index (χ2n) is 3.81. The first kappa shape index (κ1) is 10.4. The monoisotopic (exact) mass is 219 g/mol. The molecule has 2 rings (SSSR count). The van der Waals surface area contributed by atoms with Crippen molar-refractivity contribution in [3.63, 3.8) is 0 Å². The number of aryl methyl sites for hydroxylation is 1. The average molecular weight is 220 g/mol. The number of para-hydroxylation sites is 1. The molecule has 0 bridgehead atoms. The zero-order valence-corrected chi connectivity index (χ0v) is 9.54. The minimum absolute atomic E-state index is 0.233. The molecule has 2 heteroatoms. The normalized spacial score (nSPS) is 12.9. The number of nitrogens with zero attached hydrogens (tertiary/aromatic N) is 1.